The molecule has 0 radical (unpaired) electrons. The number of aryl methyl sites for hydroxylation is 2. The van der Waals surface area contributed by atoms with Crippen molar-refractivity contribution in [1.29, 1.82) is 0 Å². The first-order chi connectivity index (χ1) is 13.3. The Morgan fingerprint density at radius 2 is 1.86 bits per heavy atom. The zero-order valence-electron chi connectivity index (χ0n) is 15.7. The molecule has 0 saturated carbocycles. The fourth-order valence-corrected chi connectivity index (χ4v) is 3.26. The van der Waals surface area contributed by atoms with Crippen molar-refractivity contribution in [2.24, 2.45) is 5.92 Å². The number of ether oxygens (including phenoxy) is 1. The quantitative estimate of drug-likeness (QED) is 0.714. The largest absolute Gasteiger partial charge is 0.455 e. The molecule has 1 heterocycles. The number of nitrogens with one attached hydrogen (secondary N) is 1. The molecule has 1 atom stereocenters. The van der Waals surface area contributed by atoms with Gasteiger partial charge in [-0.3, -0.25) is 14.4 Å². The van der Waals surface area contributed by atoms with Gasteiger partial charge in [0.1, 0.15) is 0 Å². The monoisotopic (exact) mass is 444 g/mol. The summed E-state index contributed by atoms with van der Waals surface area (Å²) < 4.78 is 6.02. The summed E-state index contributed by atoms with van der Waals surface area (Å²) in [5, 5.41) is 2.66. The number of hydrogen-bond acceptors (Lipinski definition) is 4. The molecular weight excluding hydrogens is 424 g/mol. The number of amides is 2. The summed E-state index contributed by atoms with van der Waals surface area (Å²) in [4.78, 5) is 38.2. The molecule has 1 saturated heterocycles. The second kappa shape index (κ2) is 8.56. The van der Waals surface area contributed by atoms with E-state index < -0.39 is 17.8 Å². The highest BCUT2D eigenvalue weighted by atomic mass is 79.9. The third-order valence-corrected chi connectivity index (χ3v) is 5.26. The number of rotatable bonds is 5. The Hall–Kier alpha value is -2.67. The molecule has 0 bridgehead atoms. The highest BCUT2D eigenvalue weighted by Gasteiger charge is 2.36. The second-order valence-electron chi connectivity index (χ2n) is 6.84. The van der Waals surface area contributed by atoms with E-state index in [1.54, 1.807) is 29.2 Å². The molecular formula is C21H21BrN2O4. The first kappa shape index (κ1) is 20.1. The predicted octanol–water partition coefficient (Wildman–Crippen LogP) is 3.60. The van der Waals surface area contributed by atoms with Gasteiger partial charge < -0.3 is 15.0 Å². The topological polar surface area (TPSA) is 75.7 Å². The Morgan fingerprint density at radius 3 is 2.54 bits per heavy atom. The van der Waals surface area contributed by atoms with Crippen molar-refractivity contribution in [3.05, 3.63) is 58.1 Å². The van der Waals surface area contributed by atoms with E-state index >= 15 is 0 Å². The summed E-state index contributed by atoms with van der Waals surface area (Å²) in [5.41, 5.74) is 3.61. The van der Waals surface area contributed by atoms with Crippen LogP contribution < -0.4 is 10.2 Å². The van der Waals surface area contributed by atoms with Crippen LogP contribution >= 0.6 is 15.9 Å². The van der Waals surface area contributed by atoms with Crippen molar-refractivity contribution in [1.82, 2.24) is 0 Å². The second-order valence-corrected chi connectivity index (χ2v) is 7.75. The first-order valence-corrected chi connectivity index (χ1v) is 9.72. The summed E-state index contributed by atoms with van der Waals surface area (Å²) >= 11 is 3.32. The van der Waals surface area contributed by atoms with Gasteiger partial charge in [0, 0.05) is 28.8 Å². The lowest BCUT2D eigenvalue weighted by molar-refractivity contribution is -0.151. The highest BCUT2D eigenvalue weighted by Crippen LogP contribution is 2.27. The van der Waals surface area contributed by atoms with Gasteiger partial charge in [-0.1, -0.05) is 22.0 Å². The van der Waals surface area contributed by atoms with Gasteiger partial charge >= 0.3 is 5.97 Å². The molecule has 2 amide bonds. The average Bonchev–Trinajstić information content (AvgIpc) is 3.06. The molecule has 1 aliphatic rings. The van der Waals surface area contributed by atoms with Crippen molar-refractivity contribution in [2.45, 2.75) is 20.3 Å². The molecule has 0 aliphatic carbocycles. The maximum Gasteiger partial charge on any atom is 0.311 e. The minimum Gasteiger partial charge on any atom is -0.455 e. The number of nitrogens with zero attached hydrogens (tertiary/aromatic N) is 1. The maximum atomic E-state index is 12.3. The van der Waals surface area contributed by atoms with E-state index in [1.165, 1.54) is 0 Å². The number of benzene rings is 2. The normalized spacial score (nSPS) is 16.2. The Bertz CT molecular complexity index is 911. The molecule has 3 rings (SSSR count). The molecule has 2 aromatic rings. The van der Waals surface area contributed by atoms with Crippen molar-refractivity contribution in [2.75, 3.05) is 23.4 Å². The smallest absolute Gasteiger partial charge is 0.311 e. The Morgan fingerprint density at radius 1 is 1.14 bits per heavy atom. The molecule has 6 nitrogen and oxygen atoms in total. The first-order valence-electron chi connectivity index (χ1n) is 8.93. The van der Waals surface area contributed by atoms with Gasteiger partial charge in [-0.2, -0.15) is 0 Å². The summed E-state index contributed by atoms with van der Waals surface area (Å²) in [7, 11) is 0. The fourth-order valence-electron chi connectivity index (χ4n) is 2.99. The van der Waals surface area contributed by atoms with Crippen LogP contribution in [-0.2, 0) is 19.1 Å². The molecule has 0 aromatic heterocycles. The van der Waals surface area contributed by atoms with E-state index in [-0.39, 0.29) is 25.5 Å². The standard InChI is InChI=1S/C21H21BrN2O4/c1-13-3-8-18(9-14(13)2)24-11-15(10-20(24)26)21(27)28-12-19(25)23-17-6-4-16(22)5-7-17/h3-9,15H,10-12H2,1-2H3,(H,23,25)/t15-/m0/s1. The molecule has 0 spiro atoms. The molecule has 1 aliphatic heterocycles. The van der Waals surface area contributed by atoms with E-state index in [0.717, 1.165) is 21.3 Å². The van der Waals surface area contributed by atoms with Crippen molar-refractivity contribution in [3.63, 3.8) is 0 Å². The van der Waals surface area contributed by atoms with Crippen LogP contribution in [0.3, 0.4) is 0 Å². The molecule has 1 N–H and O–H groups in total. The summed E-state index contributed by atoms with van der Waals surface area (Å²) in [6.45, 7) is 3.86. The number of carbonyl (C=O) groups excluding carboxylic acids is 3. The molecule has 0 unspecified atom stereocenters. The predicted molar refractivity (Wildman–Crippen MR) is 110 cm³/mol. The molecule has 2 aromatic carbocycles. The van der Waals surface area contributed by atoms with Gasteiger partial charge in [0.05, 0.1) is 5.92 Å². The number of hydrogen-bond donors (Lipinski definition) is 1. The summed E-state index contributed by atoms with van der Waals surface area (Å²) in [5.74, 6) is -1.66. The van der Waals surface area contributed by atoms with Gasteiger partial charge in [0.2, 0.25) is 5.91 Å². The maximum absolute atomic E-state index is 12.3. The van der Waals surface area contributed by atoms with E-state index in [9.17, 15) is 14.4 Å². The van der Waals surface area contributed by atoms with E-state index in [0.29, 0.717) is 5.69 Å². The molecule has 146 valence electrons. The lowest BCUT2D eigenvalue weighted by Crippen LogP contribution is -2.28. The highest BCUT2D eigenvalue weighted by molar-refractivity contribution is 9.10. The minimum atomic E-state index is -0.574. The Balaban J connectivity index is 1.53. The lowest BCUT2D eigenvalue weighted by Gasteiger charge is -2.17. The summed E-state index contributed by atoms with van der Waals surface area (Å²) in [6, 6.07) is 12.8. The third kappa shape index (κ3) is 4.78. The van der Waals surface area contributed by atoms with E-state index in [1.807, 2.05) is 32.0 Å². The average molecular weight is 445 g/mol. The van der Waals surface area contributed by atoms with Gasteiger partial charge in [0.15, 0.2) is 6.61 Å². The Kier molecular flexibility index (Phi) is 6.14. The van der Waals surface area contributed by atoms with Crippen LogP contribution in [0.1, 0.15) is 17.5 Å². The van der Waals surface area contributed by atoms with Crippen LogP contribution in [0, 0.1) is 19.8 Å². The zero-order valence-corrected chi connectivity index (χ0v) is 17.3. The SMILES string of the molecule is Cc1ccc(N2C[C@@H](C(=O)OCC(=O)Nc3ccc(Br)cc3)CC2=O)cc1C. The molecule has 1 fully saturated rings. The van der Waals surface area contributed by atoms with Crippen LogP contribution in [-0.4, -0.2) is 30.9 Å². The van der Waals surface area contributed by atoms with Crippen LogP contribution in [0.15, 0.2) is 46.9 Å². The molecule has 28 heavy (non-hydrogen) atoms. The van der Waals surface area contributed by atoms with Crippen molar-refractivity contribution >= 4 is 45.1 Å². The van der Waals surface area contributed by atoms with Crippen molar-refractivity contribution < 1.29 is 19.1 Å². The van der Waals surface area contributed by atoms with E-state index in [4.69, 9.17) is 4.74 Å². The number of esters is 1. The third-order valence-electron chi connectivity index (χ3n) is 4.73. The minimum absolute atomic E-state index is 0.0834. The van der Waals surface area contributed by atoms with Crippen LogP contribution in [0.2, 0.25) is 0 Å². The number of anilines is 2. The Labute approximate surface area is 172 Å². The van der Waals surface area contributed by atoms with Gasteiger partial charge in [-0.15, -0.1) is 0 Å². The van der Waals surface area contributed by atoms with Crippen LogP contribution in [0.5, 0.6) is 0 Å². The van der Waals surface area contributed by atoms with Crippen LogP contribution in [0.4, 0.5) is 11.4 Å². The van der Waals surface area contributed by atoms with E-state index in [2.05, 4.69) is 21.2 Å². The number of carbonyl (C=O) groups is 3. The van der Waals surface area contributed by atoms with Crippen molar-refractivity contribution in [3.8, 4) is 0 Å². The van der Waals surface area contributed by atoms with Crippen LogP contribution in [0.25, 0.3) is 0 Å². The molecule has 7 heteroatoms. The summed E-state index contributed by atoms with van der Waals surface area (Å²) in [6.07, 6.45) is 0.0834. The lowest BCUT2D eigenvalue weighted by atomic mass is 10.1. The fraction of sp³-hybridized carbons (Fsp3) is 0.286. The zero-order chi connectivity index (χ0) is 20.3. The van der Waals surface area contributed by atoms with Gasteiger partial charge in [-0.25, -0.2) is 0 Å². The van der Waals surface area contributed by atoms with Gasteiger partial charge in [-0.05, 0) is 61.4 Å². The number of halogens is 1. The van der Waals surface area contributed by atoms with Gasteiger partial charge in [0.25, 0.3) is 5.91 Å².